The Balaban J connectivity index is 1.43. The van der Waals surface area contributed by atoms with Crippen LogP contribution in [-0.4, -0.2) is 24.3 Å². The van der Waals surface area contributed by atoms with Crippen LogP contribution in [0.2, 0.25) is 0 Å². The Bertz CT molecular complexity index is 823. The third-order valence-corrected chi connectivity index (χ3v) is 4.98. The van der Waals surface area contributed by atoms with Gasteiger partial charge in [0.25, 0.3) is 5.91 Å². The fraction of sp³-hybridized carbons (Fsp3) is 0.381. The third-order valence-electron chi connectivity index (χ3n) is 4.98. The molecule has 0 unspecified atom stereocenters. The molecule has 2 aromatic carbocycles. The van der Waals surface area contributed by atoms with E-state index >= 15 is 0 Å². The van der Waals surface area contributed by atoms with Crippen LogP contribution in [0.1, 0.15) is 37.7 Å². The van der Waals surface area contributed by atoms with E-state index in [1.54, 1.807) is 0 Å². The first-order valence-electron chi connectivity index (χ1n) is 9.45. The van der Waals surface area contributed by atoms with Gasteiger partial charge in [0.05, 0.1) is 13.0 Å². The molecule has 1 aliphatic rings. The molecule has 0 bridgehead atoms. The number of carbonyl (C=O) groups is 3. The first-order chi connectivity index (χ1) is 13.1. The van der Waals surface area contributed by atoms with Crippen LogP contribution >= 0.6 is 0 Å². The highest BCUT2D eigenvalue weighted by atomic mass is 16.2. The molecule has 0 atom stereocenters. The summed E-state index contributed by atoms with van der Waals surface area (Å²) < 4.78 is 0. The van der Waals surface area contributed by atoms with E-state index in [1.807, 2.05) is 42.5 Å². The lowest BCUT2D eigenvalue weighted by Gasteiger charge is -2.20. The summed E-state index contributed by atoms with van der Waals surface area (Å²) in [6.45, 7) is -0.172. The largest absolute Gasteiger partial charge is 0.347 e. The molecule has 0 radical (unpaired) electrons. The third kappa shape index (κ3) is 5.29. The Kier molecular flexibility index (Phi) is 6.41. The van der Waals surface area contributed by atoms with Gasteiger partial charge in [0.2, 0.25) is 11.8 Å². The van der Waals surface area contributed by atoms with Gasteiger partial charge in [-0.1, -0.05) is 61.7 Å². The molecule has 0 saturated heterocycles. The van der Waals surface area contributed by atoms with E-state index in [4.69, 9.17) is 0 Å². The van der Waals surface area contributed by atoms with Gasteiger partial charge in [-0.05, 0) is 29.2 Å². The molecule has 0 spiro atoms. The Morgan fingerprint density at radius 2 is 1.59 bits per heavy atom. The van der Waals surface area contributed by atoms with Crippen LogP contribution in [-0.2, 0) is 20.8 Å². The lowest BCUT2D eigenvalue weighted by Crippen LogP contribution is -2.48. The van der Waals surface area contributed by atoms with E-state index in [1.165, 1.54) is 6.42 Å². The molecule has 3 rings (SSSR count). The molecule has 3 N–H and O–H groups in total. The number of hydrogen-bond acceptors (Lipinski definition) is 3. The normalized spacial score (nSPS) is 14.5. The molecule has 142 valence electrons. The monoisotopic (exact) mass is 367 g/mol. The average molecular weight is 367 g/mol. The Morgan fingerprint density at radius 3 is 2.41 bits per heavy atom. The molecule has 6 nitrogen and oxygen atoms in total. The maximum atomic E-state index is 12.2. The number of benzene rings is 2. The quantitative estimate of drug-likeness (QED) is 0.708. The van der Waals surface area contributed by atoms with E-state index < -0.39 is 5.91 Å². The zero-order chi connectivity index (χ0) is 19.1. The minimum atomic E-state index is -0.439. The van der Waals surface area contributed by atoms with Crippen LogP contribution in [0.3, 0.4) is 0 Å². The second kappa shape index (κ2) is 9.16. The Morgan fingerprint density at radius 1 is 0.852 bits per heavy atom. The zero-order valence-corrected chi connectivity index (χ0v) is 15.3. The Hall–Kier alpha value is -2.89. The number of hydrogen-bond donors (Lipinski definition) is 3. The van der Waals surface area contributed by atoms with Gasteiger partial charge in [0.1, 0.15) is 0 Å². The van der Waals surface area contributed by atoms with Gasteiger partial charge >= 0.3 is 0 Å². The fourth-order valence-electron chi connectivity index (χ4n) is 3.50. The number of fused-ring (bicyclic) bond motifs is 1. The predicted molar refractivity (Wildman–Crippen MR) is 104 cm³/mol. The van der Waals surface area contributed by atoms with Crippen molar-refractivity contribution in [2.24, 2.45) is 5.92 Å². The van der Waals surface area contributed by atoms with E-state index in [2.05, 4.69) is 16.2 Å². The number of nitrogens with one attached hydrogen (secondary N) is 3. The molecule has 6 heteroatoms. The van der Waals surface area contributed by atoms with Crippen molar-refractivity contribution in [3.05, 3.63) is 48.0 Å². The van der Waals surface area contributed by atoms with Crippen molar-refractivity contribution in [3.8, 4) is 0 Å². The average Bonchev–Trinajstić information content (AvgIpc) is 2.71. The van der Waals surface area contributed by atoms with Gasteiger partial charge in [0, 0.05) is 5.92 Å². The van der Waals surface area contributed by atoms with Gasteiger partial charge in [-0.2, -0.15) is 0 Å². The lowest BCUT2D eigenvalue weighted by molar-refractivity contribution is -0.132. The molecule has 1 fully saturated rings. The SMILES string of the molecule is O=C(Cc1cccc2ccccc12)NCC(=O)NNC(=O)C1CCCCC1. The van der Waals surface area contributed by atoms with Crippen molar-refractivity contribution in [3.63, 3.8) is 0 Å². The standard InChI is InChI=1S/C21H25N3O3/c25-19(13-17-11-6-10-15-7-4-5-12-18(15)17)22-14-20(26)23-24-21(27)16-8-2-1-3-9-16/h4-7,10-12,16H,1-3,8-9,13-14H2,(H,22,25)(H,23,26)(H,24,27). The summed E-state index contributed by atoms with van der Waals surface area (Å²) in [5.41, 5.74) is 5.75. The molecule has 1 aliphatic carbocycles. The van der Waals surface area contributed by atoms with Crippen LogP contribution in [0.25, 0.3) is 10.8 Å². The summed E-state index contributed by atoms with van der Waals surface area (Å²) in [5, 5.41) is 4.70. The van der Waals surface area contributed by atoms with Gasteiger partial charge in [-0.15, -0.1) is 0 Å². The van der Waals surface area contributed by atoms with Gasteiger partial charge in [0.15, 0.2) is 0 Å². The molecule has 3 amide bonds. The summed E-state index contributed by atoms with van der Waals surface area (Å²) in [6, 6.07) is 13.7. The topological polar surface area (TPSA) is 87.3 Å². The van der Waals surface area contributed by atoms with Crippen LogP contribution in [0, 0.1) is 5.92 Å². The molecule has 0 aromatic heterocycles. The van der Waals surface area contributed by atoms with Crippen LogP contribution in [0.15, 0.2) is 42.5 Å². The van der Waals surface area contributed by atoms with Crippen LogP contribution in [0.5, 0.6) is 0 Å². The van der Waals surface area contributed by atoms with Crippen molar-refractivity contribution in [2.45, 2.75) is 38.5 Å². The first-order valence-corrected chi connectivity index (χ1v) is 9.45. The van der Waals surface area contributed by atoms with Crippen molar-refractivity contribution in [2.75, 3.05) is 6.54 Å². The Labute approximate surface area is 158 Å². The molecule has 2 aromatic rings. The van der Waals surface area contributed by atoms with Gasteiger partial charge < -0.3 is 5.32 Å². The van der Waals surface area contributed by atoms with Crippen LogP contribution in [0.4, 0.5) is 0 Å². The molecule has 27 heavy (non-hydrogen) atoms. The second-order valence-electron chi connectivity index (χ2n) is 6.96. The van der Waals surface area contributed by atoms with Crippen LogP contribution < -0.4 is 16.2 Å². The highest BCUT2D eigenvalue weighted by Crippen LogP contribution is 2.23. The molecular formula is C21H25N3O3. The molecular weight excluding hydrogens is 342 g/mol. The minimum Gasteiger partial charge on any atom is -0.347 e. The molecule has 0 aliphatic heterocycles. The van der Waals surface area contributed by atoms with Gasteiger partial charge in [-0.25, -0.2) is 0 Å². The maximum absolute atomic E-state index is 12.2. The van der Waals surface area contributed by atoms with Crippen molar-refractivity contribution < 1.29 is 14.4 Å². The second-order valence-corrected chi connectivity index (χ2v) is 6.96. The van der Waals surface area contributed by atoms with E-state index in [9.17, 15) is 14.4 Å². The van der Waals surface area contributed by atoms with E-state index in [0.717, 1.165) is 42.0 Å². The smallest absolute Gasteiger partial charge is 0.257 e. The molecule has 0 heterocycles. The maximum Gasteiger partial charge on any atom is 0.257 e. The van der Waals surface area contributed by atoms with Crippen molar-refractivity contribution in [1.29, 1.82) is 0 Å². The number of amides is 3. The summed E-state index contributed by atoms with van der Waals surface area (Å²) in [7, 11) is 0. The lowest BCUT2D eigenvalue weighted by atomic mass is 9.89. The highest BCUT2D eigenvalue weighted by molar-refractivity contribution is 5.92. The van der Waals surface area contributed by atoms with E-state index in [-0.39, 0.29) is 30.7 Å². The fourth-order valence-corrected chi connectivity index (χ4v) is 3.50. The zero-order valence-electron chi connectivity index (χ0n) is 15.3. The van der Waals surface area contributed by atoms with E-state index in [0.29, 0.717) is 0 Å². The summed E-state index contributed by atoms with van der Waals surface area (Å²) >= 11 is 0. The van der Waals surface area contributed by atoms with Gasteiger partial charge in [-0.3, -0.25) is 25.2 Å². The molecule has 1 saturated carbocycles. The predicted octanol–water partition coefficient (Wildman–Crippen LogP) is 2.23. The summed E-state index contributed by atoms with van der Waals surface area (Å²) in [4.78, 5) is 36.0. The number of rotatable bonds is 5. The highest BCUT2D eigenvalue weighted by Gasteiger charge is 2.21. The van der Waals surface area contributed by atoms with Crippen molar-refractivity contribution >= 4 is 28.5 Å². The first kappa shape index (κ1) is 18.9. The number of hydrazine groups is 1. The van der Waals surface area contributed by atoms with Crippen molar-refractivity contribution in [1.82, 2.24) is 16.2 Å². The minimum absolute atomic E-state index is 0.0278. The summed E-state index contributed by atoms with van der Waals surface area (Å²) in [5.74, 6) is -0.851. The number of carbonyl (C=O) groups excluding carboxylic acids is 3. The summed E-state index contributed by atoms with van der Waals surface area (Å²) in [6.07, 6.45) is 5.20.